The van der Waals surface area contributed by atoms with Crippen LogP contribution in [0.1, 0.15) is 31.9 Å². The van der Waals surface area contributed by atoms with Gasteiger partial charge in [0.05, 0.1) is 11.0 Å². The second-order valence-corrected chi connectivity index (χ2v) is 9.71. The van der Waals surface area contributed by atoms with Crippen LogP contribution in [0.3, 0.4) is 0 Å². The largest absolute Gasteiger partial charge is 0.444 e. The molecule has 1 aliphatic heterocycles. The summed E-state index contributed by atoms with van der Waals surface area (Å²) in [6.07, 6.45) is 0.924. The first-order chi connectivity index (χ1) is 17.2. The minimum absolute atomic E-state index is 0.130. The molecule has 0 aliphatic carbocycles. The Hall–Kier alpha value is -4.21. The van der Waals surface area contributed by atoms with Gasteiger partial charge in [-0.2, -0.15) is 0 Å². The fourth-order valence-electron chi connectivity index (χ4n) is 3.93. The molecular formula is C26H30N6O4. The first-order valence-electron chi connectivity index (χ1n) is 11.8. The summed E-state index contributed by atoms with van der Waals surface area (Å²) in [6, 6.07) is 19.3. The Kier molecular flexibility index (Phi) is 7.33. The van der Waals surface area contributed by atoms with Crippen LogP contribution >= 0.6 is 0 Å². The number of nitro groups is 1. The molecule has 0 saturated carbocycles. The van der Waals surface area contributed by atoms with E-state index in [4.69, 9.17) is 4.74 Å². The van der Waals surface area contributed by atoms with Crippen LogP contribution in [-0.2, 0) is 17.8 Å². The summed E-state index contributed by atoms with van der Waals surface area (Å²) < 4.78 is 5.38. The summed E-state index contributed by atoms with van der Waals surface area (Å²) in [6.45, 7) is 7.02. The van der Waals surface area contributed by atoms with Crippen molar-refractivity contribution in [2.75, 3.05) is 23.3 Å². The molecule has 10 nitrogen and oxygen atoms in total. The number of hydrogen-bond acceptors (Lipinski definition) is 8. The average Bonchev–Trinajstić information content (AvgIpc) is 2.80. The first kappa shape index (κ1) is 24.9. The molecule has 10 heteroatoms. The molecule has 0 spiro atoms. The van der Waals surface area contributed by atoms with Gasteiger partial charge in [-0.05, 0) is 31.9 Å². The predicted molar refractivity (Wildman–Crippen MR) is 137 cm³/mol. The highest BCUT2D eigenvalue weighted by atomic mass is 16.6. The second-order valence-electron chi connectivity index (χ2n) is 9.71. The molecule has 0 atom stereocenters. The highest BCUT2D eigenvalue weighted by Gasteiger charge is 2.36. The Morgan fingerprint density at radius 3 is 2.11 bits per heavy atom. The zero-order valence-electron chi connectivity index (χ0n) is 20.6. The highest BCUT2D eigenvalue weighted by molar-refractivity contribution is 5.72. The maximum absolute atomic E-state index is 12.2. The van der Waals surface area contributed by atoms with Crippen LogP contribution in [0.4, 0.5) is 22.1 Å². The van der Waals surface area contributed by atoms with Crippen molar-refractivity contribution >= 4 is 23.4 Å². The van der Waals surface area contributed by atoms with Gasteiger partial charge in [-0.15, -0.1) is 0 Å². The Balaban J connectivity index is 1.57. The molecule has 0 unspecified atom stereocenters. The van der Waals surface area contributed by atoms with Crippen LogP contribution in [0.15, 0.2) is 67.0 Å². The fourth-order valence-corrected chi connectivity index (χ4v) is 3.93. The standard InChI is InChI=1S/C26H30N6O4/c1-26(2,3)36-25(33)31-16-21(17-31)29-23-22(32(34)35)24(28-18-27-23)30(14-19-10-6-4-7-11-19)15-20-12-8-5-9-13-20/h4-13,18,21H,14-17H2,1-3H3,(H,27,28,29). The van der Waals surface area contributed by atoms with E-state index in [0.717, 1.165) is 11.1 Å². The van der Waals surface area contributed by atoms with Crippen LogP contribution in [0, 0.1) is 10.1 Å². The summed E-state index contributed by atoms with van der Waals surface area (Å²) in [4.78, 5) is 36.0. The van der Waals surface area contributed by atoms with E-state index >= 15 is 0 Å². The fraction of sp³-hybridized carbons (Fsp3) is 0.346. The first-order valence-corrected chi connectivity index (χ1v) is 11.8. The van der Waals surface area contributed by atoms with Crippen molar-refractivity contribution in [2.24, 2.45) is 0 Å². The summed E-state index contributed by atoms with van der Waals surface area (Å²) >= 11 is 0. The number of benzene rings is 2. The van der Waals surface area contributed by atoms with E-state index in [1.54, 1.807) is 4.90 Å². The van der Waals surface area contributed by atoms with Crippen molar-refractivity contribution in [3.05, 3.63) is 88.2 Å². The molecule has 1 aromatic heterocycles. The number of nitrogens with zero attached hydrogens (tertiary/aromatic N) is 5. The molecule has 1 saturated heterocycles. The maximum atomic E-state index is 12.2. The van der Waals surface area contributed by atoms with Gasteiger partial charge in [0, 0.05) is 26.2 Å². The van der Waals surface area contributed by atoms with E-state index in [1.807, 2.05) is 86.3 Å². The maximum Gasteiger partial charge on any atom is 0.410 e. The zero-order valence-corrected chi connectivity index (χ0v) is 20.6. The van der Waals surface area contributed by atoms with Gasteiger partial charge in [-0.25, -0.2) is 14.8 Å². The Morgan fingerprint density at radius 2 is 1.61 bits per heavy atom. The number of anilines is 2. The minimum Gasteiger partial charge on any atom is -0.444 e. The SMILES string of the molecule is CC(C)(C)OC(=O)N1CC(Nc2ncnc(N(Cc3ccccc3)Cc3ccccc3)c2[N+](=O)[O-])C1. The number of hydrogen-bond donors (Lipinski definition) is 1. The molecule has 36 heavy (non-hydrogen) atoms. The van der Waals surface area contributed by atoms with Crippen molar-refractivity contribution < 1.29 is 14.5 Å². The zero-order chi connectivity index (χ0) is 25.7. The molecule has 1 N–H and O–H groups in total. The molecule has 1 amide bonds. The number of nitrogens with one attached hydrogen (secondary N) is 1. The van der Waals surface area contributed by atoms with Gasteiger partial charge < -0.3 is 19.9 Å². The van der Waals surface area contributed by atoms with Gasteiger partial charge in [0.15, 0.2) is 0 Å². The molecule has 188 valence electrons. The van der Waals surface area contributed by atoms with Crippen molar-refractivity contribution in [1.29, 1.82) is 0 Å². The number of carbonyl (C=O) groups excluding carboxylic acids is 1. The van der Waals surface area contributed by atoms with Crippen molar-refractivity contribution in [3.63, 3.8) is 0 Å². The summed E-state index contributed by atoms with van der Waals surface area (Å²) in [5.74, 6) is 0.360. The number of rotatable bonds is 8. The Bertz CT molecular complexity index is 1150. The Labute approximate surface area is 210 Å². The monoisotopic (exact) mass is 490 g/mol. The van der Waals surface area contributed by atoms with E-state index in [9.17, 15) is 14.9 Å². The number of likely N-dealkylation sites (tertiary alicyclic amines) is 1. The number of amides is 1. The third-order valence-electron chi connectivity index (χ3n) is 5.59. The van der Waals surface area contributed by atoms with E-state index in [0.29, 0.717) is 26.2 Å². The predicted octanol–water partition coefficient (Wildman–Crippen LogP) is 4.62. The molecular weight excluding hydrogens is 460 g/mol. The molecule has 4 rings (SSSR count). The molecule has 2 heterocycles. The third-order valence-corrected chi connectivity index (χ3v) is 5.59. The van der Waals surface area contributed by atoms with Crippen molar-refractivity contribution in [2.45, 2.75) is 45.5 Å². The van der Waals surface area contributed by atoms with Crippen LogP contribution in [0.2, 0.25) is 0 Å². The lowest BCUT2D eigenvalue weighted by Gasteiger charge is -2.40. The lowest BCUT2D eigenvalue weighted by atomic mass is 10.1. The number of ether oxygens (including phenoxy) is 1. The lowest BCUT2D eigenvalue weighted by Crippen LogP contribution is -2.58. The van der Waals surface area contributed by atoms with E-state index < -0.39 is 16.6 Å². The topological polar surface area (TPSA) is 114 Å². The van der Waals surface area contributed by atoms with Crippen molar-refractivity contribution in [3.8, 4) is 0 Å². The molecule has 1 aliphatic rings. The van der Waals surface area contributed by atoms with E-state index in [2.05, 4.69) is 15.3 Å². The lowest BCUT2D eigenvalue weighted by molar-refractivity contribution is -0.383. The summed E-state index contributed by atoms with van der Waals surface area (Å²) in [5, 5.41) is 15.4. The van der Waals surface area contributed by atoms with Gasteiger partial charge in [0.2, 0.25) is 11.6 Å². The van der Waals surface area contributed by atoms with E-state index in [-0.39, 0.29) is 23.4 Å². The molecule has 1 fully saturated rings. The van der Waals surface area contributed by atoms with Gasteiger partial charge >= 0.3 is 11.8 Å². The molecule has 0 bridgehead atoms. The summed E-state index contributed by atoms with van der Waals surface area (Å²) in [5.41, 5.74) is 1.22. The number of aromatic nitrogens is 2. The quantitative estimate of drug-likeness (QED) is 0.359. The second kappa shape index (κ2) is 10.6. The van der Waals surface area contributed by atoms with Crippen LogP contribution < -0.4 is 10.2 Å². The molecule has 3 aromatic rings. The average molecular weight is 491 g/mol. The summed E-state index contributed by atoms with van der Waals surface area (Å²) in [7, 11) is 0. The smallest absolute Gasteiger partial charge is 0.410 e. The number of carbonyl (C=O) groups is 1. The van der Waals surface area contributed by atoms with Crippen LogP contribution in [0.25, 0.3) is 0 Å². The minimum atomic E-state index is -0.586. The van der Waals surface area contributed by atoms with Gasteiger partial charge in [-0.1, -0.05) is 60.7 Å². The van der Waals surface area contributed by atoms with Gasteiger partial charge in [0.25, 0.3) is 0 Å². The van der Waals surface area contributed by atoms with Crippen molar-refractivity contribution in [1.82, 2.24) is 14.9 Å². The van der Waals surface area contributed by atoms with E-state index in [1.165, 1.54) is 6.33 Å². The van der Waals surface area contributed by atoms with Gasteiger partial charge in [-0.3, -0.25) is 10.1 Å². The normalized spacial score (nSPS) is 13.6. The Morgan fingerprint density at radius 1 is 1.06 bits per heavy atom. The van der Waals surface area contributed by atoms with Crippen LogP contribution in [0.5, 0.6) is 0 Å². The third kappa shape index (κ3) is 6.26. The van der Waals surface area contributed by atoms with Crippen LogP contribution in [-0.4, -0.2) is 50.6 Å². The van der Waals surface area contributed by atoms with Gasteiger partial charge in [0.1, 0.15) is 11.9 Å². The molecule has 0 radical (unpaired) electrons. The highest BCUT2D eigenvalue weighted by Crippen LogP contribution is 2.34. The molecule has 2 aromatic carbocycles.